The predicted octanol–water partition coefficient (Wildman–Crippen LogP) is 2.97. The van der Waals surface area contributed by atoms with Gasteiger partial charge in [0, 0.05) is 12.6 Å². The Kier molecular flexibility index (Phi) is 4.66. The molecule has 2 nitrogen and oxygen atoms in total. The standard InChI is InChI=1S/C14H27NO/c1-11-5-6-14(12(2)10-11)15-8-7-13-4-3-9-16-13/h11-15H,3-10H2,1-2H3. The highest BCUT2D eigenvalue weighted by molar-refractivity contribution is 4.81. The zero-order valence-electron chi connectivity index (χ0n) is 10.9. The first-order chi connectivity index (χ1) is 7.75. The molecule has 16 heavy (non-hydrogen) atoms. The van der Waals surface area contributed by atoms with Gasteiger partial charge in [-0.3, -0.25) is 0 Å². The van der Waals surface area contributed by atoms with E-state index in [0.717, 1.165) is 31.0 Å². The van der Waals surface area contributed by atoms with Crippen LogP contribution in [0, 0.1) is 11.8 Å². The molecule has 1 saturated carbocycles. The molecule has 2 heteroatoms. The average Bonchev–Trinajstić information content (AvgIpc) is 2.74. The van der Waals surface area contributed by atoms with E-state index in [1.54, 1.807) is 0 Å². The molecule has 0 bridgehead atoms. The van der Waals surface area contributed by atoms with Crippen molar-refractivity contribution in [1.29, 1.82) is 0 Å². The third-order valence-electron chi connectivity index (χ3n) is 4.33. The van der Waals surface area contributed by atoms with E-state index in [-0.39, 0.29) is 0 Å². The van der Waals surface area contributed by atoms with Crippen LogP contribution >= 0.6 is 0 Å². The molecule has 1 saturated heterocycles. The molecule has 2 rings (SSSR count). The van der Waals surface area contributed by atoms with E-state index in [2.05, 4.69) is 19.2 Å². The zero-order valence-corrected chi connectivity index (χ0v) is 10.9. The molecule has 94 valence electrons. The molecule has 2 fully saturated rings. The molecule has 0 aromatic heterocycles. The van der Waals surface area contributed by atoms with Crippen LogP contribution < -0.4 is 5.32 Å². The van der Waals surface area contributed by atoms with E-state index in [4.69, 9.17) is 4.74 Å². The van der Waals surface area contributed by atoms with Crippen molar-refractivity contribution in [1.82, 2.24) is 5.32 Å². The Morgan fingerprint density at radius 1 is 1.19 bits per heavy atom. The maximum absolute atomic E-state index is 5.65. The maximum atomic E-state index is 5.65. The van der Waals surface area contributed by atoms with Gasteiger partial charge in [-0.1, -0.05) is 13.8 Å². The first kappa shape index (κ1) is 12.4. The highest BCUT2D eigenvalue weighted by Gasteiger charge is 2.25. The van der Waals surface area contributed by atoms with Crippen LogP contribution in [0.3, 0.4) is 0 Å². The van der Waals surface area contributed by atoms with Gasteiger partial charge in [0.1, 0.15) is 0 Å². The van der Waals surface area contributed by atoms with Crippen molar-refractivity contribution in [3.05, 3.63) is 0 Å². The van der Waals surface area contributed by atoms with Gasteiger partial charge in [0.2, 0.25) is 0 Å². The predicted molar refractivity (Wildman–Crippen MR) is 67.6 cm³/mol. The SMILES string of the molecule is CC1CCC(NCCC2CCCO2)C(C)C1. The Morgan fingerprint density at radius 2 is 2.06 bits per heavy atom. The summed E-state index contributed by atoms with van der Waals surface area (Å²) in [6, 6.07) is 0.762. The van der Waals surface area contributed by atoms with Crippen LogP contribution in [0.1, 0.15) is 52.4 Å². The van der Waals surface area contributed by atoms with E-state index in [0.29, 0.717) is 6.10 Å². The number of hydrogen-bond acceptors (Lipinski definition) is 2. The van der Waals surface area contributed by atoms with Gasteiger partial charge in [0.05, 0.1) is 6.10 Å². The lowest BCUT2D eigenvalue weighted by atomic mass is 9.80. The summed E-state index contributed by atoms with van der Waals surface area (Å²) in [6.07, 6.45) is 8.47. The zero-order chi connectivity index (χ0) is 11.4. The minimum Gasteiger partial charge on any atom is -0.378 e. The van der Waals surface area contributed by atoms with Crippen LogP contribution in [0.25, 0.3) is 0 Å². The van der Waals surface area contributed by atoms with Gasteiger partial charge < -0.3 is 10.1 Å². The summed E-state index contributed by atoms with van der Waals surface area (Å²) in [7, 11) is 0. The van der Waals surface area contributed by atoms with Crippen LogP contribution in [-0.4, -0.2) is 25.3 Å². The Labute approximate surface area is 100 Å². The fourth-order valence-corrected chi connectivity index (χ4v) is 3.27. The van der Waals surface area contributed by atoms with Crippen molar-refractivity contribution in [3.63, 3.8) is 0 Å². The summed E-state index contributed by atoms with van der Waals surface area (Å²) >= 11 is 0. The second-order valence-corrected chi connectivity index (χ2v) is 5.88. The Bertz CT molecular complexity index is 201. The fraction of sp³-hybridized carbons (Fsp3) is 1.00. The lowest BCUT2D eigenvalue weighted by molar-refractivity contribution is 0.101. The van der Waals surface area contributed by atoms with Gasteiger partial charge in [-0.25, -0.2) is 0 Å². The van der Waals surface area contributed by atoms with Gasteiger partial charge in [-0.05, 0) is 56.9 Å². The number of ether oxygens (including phenoxy) is 1. The van der Waals surface area contributed by atoms with E-state index in [1.165, 1.54) is 38.5 Å². The Hall–Kier alpha value is -0.0800. The third-order valence-corrected chi connectivity index (χ3v) is 4.33. The maximum Gasteiger partial charge on any atom is 0.0588 e. The lowest BCUT2D eigenvalue weighted by Crippen LogP contribution is -2.40. The van der Waals surface area contributed by atoms with Crippen molar-refractivity contribution >= 4 is 0 Å². The second kappa shape index (κ2) is 6.02. The van der Waals surface area contributed by atoms with Crippen molar-refractivity contribution < 1.29 is 4.74 Å². The monoisotopic (exact) mass is 225 g/mol. The summed E-state index contributed by atoms with van der Waals surface area (Å²) in [6.45, 7) is 6.93. The number of nitrogens with one attached hydrogen (secondary N) is 1. The molecule has 0 spiro atoms. The highest BCUT2D eigenvalue weighted by Crippen LogP contribution is 2.28. The molecule has 1 aliphatic heterocycles. The Balaban J connectivity index is 1.61. The minimum absolute atomic E-state index is 0.547. The molecule has 1 N–H and O–H groups in total. The molecule has 1 heterocycles. The molecule has 0 aromatic carbocycles. The topological polar surface area (TPSA) is 21.3 Å². The van der Waals surface area contributed by atoms with Crippen molar-refractivity contribution in [2.24, 2.45) is 11.8 Å². The molecule has 4 atom stereocenters. The number of hydrogen-bond donors (Lipinski definition) is 1. The smallest absolute Gasteiger partial charge is 0.0588 e. The Morgan fingerprint density at radius 3 is 2.75 bits per heavy atom. The van der Waals surface area contributed by atoms with E-state index in [9.17, 15) is 0 Å². The quantitative estimate of drug-likeness (QED) is 0.794. The summed E-state index contributed by atoms with van der Waals surface area (Å²) < 4.78 is 5.65. The molecular formula is C14H27NO. The average molecular weight is 225 g/mol. The molecule has 4 unspecified atom stereocenters. The molecule has 0 aromatic rings. The highest BCUT2D eigenvalue weighted by atomic mass is 16.5. The largest absolute Gasteiger partial charge is 0.378 e. The van der Waals surface area contributed by atoms with E-state index in [1.807, 2.05) is 0 Å². The number of rotatable bonds is 4. The van der Waals surface area contributed by atoms with Gasteiger partial charge in [0.15, 0.2) is 0 Å². The van der Waals surface area contributed by atoms with E-state index < -0.39 is 0 Å². The summed E-state index contributed by atoms with van der Waals surface area (Å²) in [5, 5.41) is 3.74. The van der Waals surface area contributed by atoms with Crippen molar-refractivity contribution in [2.45, 2.75) is 64.5 Å². The minimum atomic E-state index is 0.547. The van der Waals surface area contributed by atoms with Crippen LogP contribution in [0.2, 0.25) is 0 Å². The second-order valence-electron chi connectivity index (χ2n) is 5.88. The molecular weight excluding hydrogens is 198 g/mol. The van der Waals surface area contributed by atoms with Crippen molar-refractivity contribution in [3.8, 4) is 0 Å². The first-order valence-electron chi connectivity index (χ1n) is 7.10. The van der Waals surface area contributed by atoms with Crippen LogP contribution in [0.5, 0.6) is 0 Å². The van der Waals surface area contributed by atoms with Gasteiger partial charge in [-0.2, -0.15) is 0 Å². The normalized spacial score (nSPS) is 40.1. The summed E-state index contributed by atoms with van der Waals surface area (Å²) in [5.74, 6) is 1.79. The third kappa shape index (κ3) is 3.46. The molecule has 0 amide bonds. The molecule has 1 aliphatic carbocycles. The first-order valence-corrected chi connectivity index (χ1v) is 7.10. The van der Waals surface area contributed by atoms with E-state index >= 15 is 0 Å². The van der Waals surface area contributed by atoms with Crippen molar-refractivity contribution in [2.75, 3.05) is 13.2 Å². The van der Waals surface area contributed by atoms with Crippen LogP contribution in [0.4, 0.5) is 0 Å². The lowest BCUT2D eigenvalue weighted by Gasteiger charge is -2.33. The van der Waals surface area contributed by atoms with Crippen LogP contribution in [0.15, 0.2) is 0 Å². The fourth-order valence-electron chi connectivity index (χ4n) is 3.27. The molecule has 2 aliphatic rings. The van der Waals surface area contributed by atoms with Gasteiger partial charge in [-0.15, -0.1) is 0 Å². The summed E-state index contributed by atoms with van der Waals surface area (Å²) in [4.78, 5) is 0. The van der Waals surface area contributed by atoms with Gasteiger partial charge >= 0.3 is 0 Å². The molecule has 0 radical (unpaired) electrons. The van der Waals surface area contributed by atoms with Gasteiger partial charge in [0.25, 0.3) is 0 Å². The van der Waals surface area contributed by atoms with Crippen LogP contribution in [-0.2, 0) is 4.74 Å². The summed E-state index contributed by atoms with van der Waals surface area (Å²) in [5.41, 5.74) is 0.